The molecule has 1 saturated carbocycles. The maximum atomic E-state index is 13.2. The number of halogens is 2. The number of rotatable bonds is 5. The van der Waals surface area contributed by atoms with Gasteiger partial charge in [0.25, 0.3) is 0 Å². The van der Waals surface area contributed by atoms with E-state index in [1.807, 2.05) is 6.07 Å². The average Bonchev–Trinajstić information content (AvgIpc) is 2.41. The first kappa shape index (κ1) is 14.3. The fourth-order valence-corrected chi connectivity index (χ4v) is 3.31. The van der Waals surface area contributed by atoms with Crippen molar-refractivity contribution in [3.8, 4) is 0 Å². The third-order valence-electron chi connectivity index (χ3n) is 3.62. The molecule has 2 rings (SSSR count). The molecule has 0 bridgehead atoms. The molecule has 0 heterocycles. The van der Waals surface area contributed by atoms with Crippen LogP contribution in [0.3, 0.4) is 0 Å². The minimum absolute atomic E-state index is 0.0308. The van der Waals surface area contributed by atoms with Crippen LogP contribution in [-0.4, -0.2) is 11.0 Å². The van der Waals surface area contributed by atoms with Crippen LogP contribution >= 0.6 is 22.6 Å². The van der Waals surface area contributed by atoms with E-state index in [1.165, 1.54) is 38.2 Å². The highest BCUT2D eigenvalue weighted by Gasteiger charge is 2.17. The quantitative estimate of drug-likeness (QED) is 0.535. The van der Waals surface area contributed by atoms with Crippen molar-refractivity contribution in [3.05, 3.63) is 35.6 Å². The lowest BCUT2D eigenvalue weighted by Gasteiger charge is -2.24. The molecule has 1 fully saturated rings. The summed E-state index contributed by atoms with van der Waals surface area (Å²) in [5.74, 6) is 0.529. The molecule has 1 nitrogen and oxygen atoms in total. The van der Waals surface area contributed by atoms with Crippen molar-refractivity contribution in [2.24, 2.45) is 5.92 Å². The minimum atomic E-state index is -0.177. The van der Waals surface area contributed by atoms with Crippen molar-refractivity contribution >= 4 is 22.6 Å². The minimum Gasteiger partial charge on any atom is -0.372 e. The van der Waals surface area contributed by atoms with Gasteiger partial charge in [-0.1, -0.05) is 54.0 Å². The van der Waals surface area contributed by atoms with Crippen LogP contribution in [0.15, 0.2) is 24.3 Å². The molecule has 0 spiro atoms. The van der Waals surface area contributed by atoms with Crippen molar-refractivity contribution in [2.75, 3.05) is 11.0 Å². The zero-order valence-electron chi connectivity index (χ0n) is 10.6. The zero-order chi connectivity index (χ0) is 12.8. The Morgan fingerprint density at radius 2 is 2.06 bits per heavy atom. The summed E-state index contributed by atoms with van der Waals surface area (Å²) in [7, 11) is 0. The third kappa shape index (κ3) is 4.19. The molecule has 1 aliphatic rings. The van der Waals surface area contributed by atoms with Crippen LogP contribution in [0.1, 0.15) is 43.8 Å². The smallest absolute Gasteiger partial charge is 0.123 e. The molecule has 0 aliphatic heterocycles. The van der Waals surface area contributed by atoms with Crippen LogP contribution in [0.4, 0.5) is 4.39 Å². The average molecular weight is 362 g/mol. The van der Waals surface area contributed by atoms with Crippen molar-refractivity contribution in [2.45, 2.75) is 38.2 Å². The van der Waals surface area contributed by atoms with Crippen molar-refractivity contribution in [1.82, 2.24) is 0 Å². The molecule has 3 heteroatoms. The van der Waals surface area contributed by atoms with E-state index in [9.17, 15) is 4.39 Å². The van der Waals surface area contributed by atoms with Gasteiger partial charge in [0.2, 0.25) is 0 Å². The summed E-state index contributed by atoms with van der Waals surface area (Å²) in [5, 5.41) is 0. The highest BCUT2D eigenvalue weighted by atomic mass is 127. The van der Waals surface area contributed by atoms with Gasteiger partial charge in [0, 0.05) is 4.43 Å². The van der Waals surface area contributed by atoms with Crippen LogP contribution in [0.5, 0.6) is 0 Å². The van der Waals surface area contributed by atoms with E-state index in [0.717, 1.165) is 16.6 Å². The summed E-state index contributed by atoms with van der Waals surface area (Å²) in [6.45, 7) is 0.824. The fourth-order valence-electron chi connectivity index (χ4n) is 2.54. The Balaban J connectivity index is 1.88. The molecule has 0 aromatic heterocycles. The summed E-state index contributed by atoms with van der Waals surface area (Å²) in [6.07, 6.45) is 6.65. The second-order valence-corrected chi connectivity index (χ2v) is 5.92. The molecule has 1 atom stereocenters. The normalized spacial score (nSPS) is 18.8. The first-order valence-corrected chi connectivity index (χ1v) is 8.25. The van der Waals surface area contributed by atoms with E-state index in [0.29, 0.717) is 5.92 Å². The largest absolute Gasteiger partial charge is 0.372 e. The Morgan fingerprint density at radius 1 is 1.28 bits per heavy atom. The Hall–Kier alpha value is -0.160. The predicted octanol–water partition coefficient (Wildman–Crippen LogP) is 4.90. The zero-order valence-corrected chi connectivity index (χ0v) is 12.7. The topological polar surface area (TPSA) is 9.23 Å². The Labute approximate surface area is 122 Å². The van der Waals surface area contributed by atoms with Gasteiger partial charge >= 0.3 is 0 Å². The first-order valence-electron chi connectivity index (χ1n) is 6.72. The van der Waals surface area contributed by atoms with Crippen LogP contribution in [0.2, 0.25) is 0 Å². The molecule has 18 heavy (non-hydrogen) atoms. The maximum absolute atomic E-state index is 13.2. The molecular formula is C15H20FIO. The Morgan fingerprint density at radius 3 is 2.72 bits per heavy atom. The van der Waals surface area contributed by atoms with Gasteiger partial charge in [0.15, 0.2) is 0 Å². The second-order valence-electron chi connectivity index (χ2n) is 5.04. The van der Waals surface area contributed by atoms with Gasteiger partial charge in [-0.2, -0.15) is 0 Å². The summed E-state index contributed by atoms with van der Waals surface area (Å²) in [6, 6.07) is 6.78. The summed E-state index contributed by atoms with van der Waals surface area (Å²) in [4.78, 5) is 0. The van der Waals surface area contributed by atoms with Gasteiger partial charge in [-0.25, -0.2) is 4.39 Å². The number of ether oxygens (including phenoxy) is 1. The lowest BCUT2D eigenvalue weighted by molar-refractivity contribution is 0.0343. The summed E-state index contributed by atoms with van der Waals surface area (Å²) >= 11 is 2.31. The number of alkyl halides is 1. The highest BCUT2D eigenvalue weighted by Crippen LogP contribution is 2.27. The van der Waals surface area contributed by atoms with Crippen LogP contribution in [-0.2, 0) is 4.74 Å². The third-order valence-corrected chi connectivity index (χ3v) is 4.42. The van der Waals surface area contributed by atoms with Crippen LogP contribution in [0, 0.1) is 11.7 Å². The van der Waals surface area contributed by atoms with Crippen molar-refractivity contribution in [1.29, 1.82) is 0 Å². The Kier molecular flexibility index (Phi) is 5.89. The molecule has 1 unspecified atom stereocenters. The lowest BCUT2D eigenvalue weighted by Crippen LogP contribution is -2.16. The SMILES string of the molecule is Fc1cccc(C(CI)OCC2CCCCC2)c1. The van der Waals surface area contributed by atoms with E-state index in [1.54, 1.807) is 12.1 Å². The number of hydrogen-bond acceptors (Lipinski definition) is 1. The second kappa shape index (κ2) is 7.43. The molecule has 0 amide bonds. The summed E-state index contributed by atoms with van der Waals surface area (Å²) in [5.41, 5.74) is 0.959. The molecule has 1 aliphatic carbocycles. The van der Waals surface area contributed by atoms with Gasteiger partial charge in [-0.05, 0) is 36.5 Å². The molecule has 0 radical (unpaired) electrons. The van der Waals surface area contributed by atoms with Gasteiger partial charge in [0.05, 0.1) is 12.7 Å². The van der Waals surface area contributed by atoms with E-state index in [-0.39, 0.29) is 11.9 Å². The van der Waals surface area contributed by atoms with E-state index in [2.05, 4.69) is 22.6 Å². The monoisotopic (exact) mass is 362 g/mol. The van der Waals surface area contributed by atoms with Crippen molar-refractivity contribution < 1.29 is 9.13 Å². The molecule has 0 saturated heterocycles. The van der Waals surface area contributed by atoms with Gasteiger partial charge in [-0.15, -0.1) is 0 Å². The van der Waals surface area contributed by atoms with Crippen LogP contribution < -0.4 is 0 Å². The van der Waals surface area contributed by atoms with Gasteiger partial charge in [0.1, 0.15) is 5.82 Å². The highest BCUT2D eigenvalue weighted by molar-refractivity contribution is 14.1. The molecule has 1 aromatic rings. The maximum Gasteiger partial charge on any atom is 0.123 e. The Bertz CT molecular complexity index is 363. The van der Waals surface area contributed by atoms with Gasteiger partial charge < -0.3 is 4.74 Å². The first-order chi connectivity index (χ1) is 8.79. The molecule has 0 N–H and O–H groups in total. The molecule has 100 valence electrons. The molecular weight excluding hydrogens is 342 g/mol. The van der Waals surface area contributed by atoms with E-state index >= 15 is 0 Å². The van der Waals surface area contributed by atoms with E-state index in [4.69, 9.17) is 4.74 Å². The van der Waals surface area contributed by atoms with Crippen LogP contribution in [0.25, 0.3) is 0 Å². The summed E-state index contributed by atoms with van der Waals surface area (Å²) < 4.78 is 20.1. The standard InChI is InChI=1S/C15H20FIO/c16-14-8-4-7-13(9-14)15(10-17)18-11-12-5-2-1-3-6-12/h4,7-9,12,15H,1-3,5-6,10-11H2. The van der Waals surface area contributed by atoms with Crippen molar-refractivity contribution in [3.63, 3.8) is 0 Å². The fraction of sp³-hybridized carbons (Fsp3) is 0.600. The lowest BCUT2D eigenvalue weighted by atomic mass is 9.90. The number of benzene rings is 1. The number of hydrogen-bond donors (Lipinski definition) is 0. The molecule has 1 aromatic carbocycles. The van der Waals surface area contributed by atoms with E-state index < -0.39 is 0 Å². The van der Waals surface area contributed by atoms with Gasteiger partial charge in [-0.3, -0.25) is 0 Å². The predicted molar refractivity (Wildman–Crippen MR) is 80.6 cm³/mol.